The lowest BCUT2D eigenvalue weighted by molar-refractivity contribution is -0.135. The number of nitrogens with two attached hydrogens (primary N) is 1. The Kier molecular flexibility index (Phi) is 4.80. The number of nitrogens with zero attached hydrogens (tertiary/aromatic N) is 3. The van der Waals surface area contributed by atoms with Crippen LogP contribution >= 0.6 is 0 Å². The zero-order chi connectivity index (χ0) is 18.1. The number of piperazine rings is 1. The molecule has 26 heavy (non-hydrogen) atoms. The largest absolute Gasteiger partial charge is 0.495 e. The first-order valence-electron chi connectivity index (χ1n) is 9.81. The number of methoxy groups -OCH3 is 1. The molecule has 6 nitrogen and oxygen atoms in total. The molecule has 1 aromatic rings. The van der Waals surface area contributed by atoms with Crippen molar-refractivity contribution < 1.29 is 9.53 Å². The van der Waals surface area contributed by atoms with Gasteiger partial charge < -0.3 is 20.3 Å². The second-order valence-corrected chi connectivity index (χ2v) is 7.90. The van der Waals surface area contributed by atoms with E-state index in [-0.39, 0.29) is 5.91 Å². The number of anilines is 1. The van der Waals surface area contributed by atoms with Crippen LogP contribution in [0, 0.1) is 0 Å². The summed E-state index contributed by atoms with van der Waals surface area (Å²) in [5.74, 6) is 1.11. The molecule has 1 aliphatic carbocycles. The van der Waals surface area contributed by atoms with Crippen molar-refractivity contribution in [3.8, 4) is 5.75 Å². The number of carbonyl (C=O) groups excluding carboxylic acids is 1. The predicted molar refractivity (Wildman–Crippen MR) is 103 cm³/mol. The van der Waals surface area contributed by atoms with Gasteiger partial charge in [-0.1, -0.05) is 12.1 Å². The summed E-state index contributed by atoms with van der Waals surface area (Å²) in [4.78, 5) is 19.6. The van der Waals surface area contributed by atoms with E-state index >= 15 is 0 Å². The maximum Gasteiger partial charge on any atom is 0.242 e. The van der Waals surface area contributed by atoms with Gasteiger partial charge in [-0.3, -0.25) is 9.69 Å². The molecule has 6 heteroatoms. The SMILES string of the molecule is COc1ccccc1N1CCN([C@H]2CCCN(C(=O)C3(N)CC3)C2)CC1. The van der Waals surface area contributed by atoms with Gasteiger partial charge in [0, 0.05) is 45.3 Å². The van der Waals surface area contributed by atoms with E-state index in [9.17, 15) is 4.79 Å². The fourth-order valence-electron chi connectivity index (χ4n) is 4.32. The van der Waals surface area contributed by atoms with E-state index in [1.807, 2.05) is 17.0 Å². The van der Waals surface area contributed by atoms with Crippen LogP contribution in [0.5, 0.6) is 5.75 Å². The molecule has 2 N–H and O–H groups in total. The van der Waals surface area contributed by atoms with Crippen molar-refractivity contribution in [1.29, 1.82) is 0 Å². The summed E-state index contributed by atoms with van der Waals surface area (Å²) in [6.07, 6.45) is 3.96. The van der Waals surface area contributed by atoms with Crippen LogP contribution in [0.1, 0.15) is 25.7 Å². The first kappa shape index (κ1) is 17.6. The summed E-state index contributed by atoms with van der Waals surface area (Å²) in [7, 11) is 1.73. The quantitative estimate of drug-likeness (QED) is 0.879. The zero-order valence-corrected chi connectivity index (χ0v) is 15.7. The lowest BCUT2D eigenvalue weighted by atomic mass is 10.0. The van der Waals surface area contributed by atoms with Gasteiger partial charge in [-0.05, 0) is 37.8 Å². The summed E-state index contributed by atoms with van der Waals surface area (Å²) in [5.41, 5.74) is 6.77. The summed E-state index contributed by atoms with van der Waals surface area (Å²) in [6.45, 7) is 5.75. The zero-order valence-electron chi connectivity index (χ0n) is 15.7. The molecule has 1 atom stereocenters. The molecular formula is C20H30N4O2. The van der Waals surface area contributed by atoms with Gasteiger partial charge in [0.05, 0.1) is 18.3 Å². The van der Waals surface area contributed by atoms with Gasteiger partial charge in [0.1, 0.15) is 5.75 Å². The Morgan fingerprint density at radius 1 is 1.15 bits per heavy atom. The maximum atomic E-state index is 12.6. The van der Waals surface area contributed by atoms with Crippen LogP contribution in [0.25, 0.3) is 0 Å². The fourth-order valence-corrected chi connectivity index (χ4v) is 4.32. The van der Waals surface area contributed by atoms with Crippen LogP contribution in [-0.2, 0) is 4.79 Å². The standard InChI is InChI=1S/C20H30N4O2/c1-26-18-7-3-2-6-17(18)23-13-11-22(12-14-23)16-5-4-10-24(15-16)19(25)20(21)8-9-20/h2-3,6-7,16H,4-5,8-15,21H2,1H3/t16-/m0/s1. The van der Waals surface area contributed by atoms with Gasteiger partial charge >= 0.3 is 0 Å². The number of piperidine rings is 1. The first-order valence-corrected chi connectivity index (χ1v) is 9.81. The number of amides is 1. The normalized spacial score (nSPS) is 25.8. The predicted octanol–water partition coefficient (Wildman–Crippen LogP) is 1.30. The van der Waals surface area contributed by atoms with Crippen molar-refractivity contribution in [1.82, 2.24) is 9.80 Å². The van der Waals surface area contributed by atoms with Crippen LogP contribution in [-0.4, -0.2) is 73.7 Å². The highest BCUT2D eigenvalue weighted by molar-refractivity contribution is 5.89. The number of para-hydroxylation sites is 2. The van der Waals surface area contributed by atoms with E-state index in [4.69, 9.17) is 10.5 Å². The molecule has 4 rings (SSSR count). The molecule has 3 aliphatic rings. The van der Waals surface area contributed by atoms with Crippen molar-refractivity contribution in [3.05, 3.63) is 24.3 Å². The molecule has 1 saturated carbocycles. The molecular weight excluding hydrogens is 328 g/mol. The molecule has 0 radical (unpaired) electrons. The first-order chi connectivity index (χ1) is 12.6. The van der Waals surface area contributed by atoms with Gasteiger partial charge in [0.15, 0.2) is 0 Å². The second-order valence-electron chi connectivity index (χ2n) is 7.90. The average molecular weight is 358 g/mol. The van der Waals surface area contributed by atoms with Crippen LogP contribution < -0.4 is 15.4 Å². The van der Waals surface area contributed by atoms with Crippen LogP contribution in [0.2, 0.25) is 0 Å². The molecule has 0 bridgehead atoms. The van der Waals surface area contributed by atoms with Crippen molar-refractivity contribution in [2.45, 2.75) is 37.3 Å². The van der Waals surface area contributed by atoms with E-state index in [1.54, 1.807) is 7.11 Å². The van der Waals surface area contributed by atoms with Gasteiger partial charge in [0.2, 0.25) is 5.91 Å². The number of ether oxygens (including phenoxy) is 1. The lowest BCUT2D eigenvalue weighted by Crippen LogP contribution is -2.58. The number of rotatable bonds is 4. The number of likely N-dealkylation sites (tertiary alicyclic amines) is 1. The molecule has 142 valence electrons. The van der Waals surface area contributed by atoms with Crippen LogP contribution in [0.15, 0.2) is 24.3 Å². The molecule has 1 amide bonds. The Balaban J connectivity index is 1.35. The molecule has 0 spiro atoms. The van der Waals surface area contributed by atoms with Gasteiger partial charge in [0.25, 0.3) is 0 Å². The topological polar surface area (TPSA) is 62.0 Å². The third-order valence-electron chi connectivity index (χ3n) is 6.15. The minimum absolute atomic E-state index is 0.176. The summed E-state index contributed by atoms with van der Waals surface area (Å²) in [6, 6.07) is 8.69. The molecule has 2 saturated heterocycles. The third kappa shape index (κ3) is 3.40. The highest BCUT2D eigenvalue weighted by Gasteiger charge is 2.49. The van der Waals surface area contributed by atoms with Crippen molar-refractivity contribution in [2.24, 2.45) is 5.73 Å². The molecule has 2 aliphatic heterocycles. The number of carbonyl (C=O) groups is 1. The minimum Gasteiger partial charge on any atom is -0.495 e. The summed E-state index contributed by atoms with van der Waals surface area (Å²) < 4.78 is 5.51. The molecule has 2 heterocycles. The number of benzene rings is 1. The van der Waals surface area contributed by atoms with Gasteiger partial charge in [-0.25, -0.2) is 0 Å². The smallest absolute Gasteiger partial charge is 0.242 e. The Morgan fingerprint density at radius 2 is 1.88 bits per heavy atom. The summed E-state index contributed by atoms with van der Waals surface area (Å²) in [5, 5.41) is 0. The molecule has 0 aromatic heterocycles. The maximum absolute atomic E-state index is 12.6. The molecule has 0 unspecified atom stereocenters. The fraction of sp³-hybridized carbons (Fsp3) is 0.650. The van der Waals surface area contributed by atoms with Crippen molar-refractivity contribution in [3.63, 3.8) is 0 Å². The van der Waals surface area contributed by atoms with Crippen molar-refractivity contribution in [2.75, 3.05) is 51.3 Å². The second kappa shape index (κ2) is 7.08. The van der Waals surface area contributed by atoms with Crippen LogP contribution in [0.3, 0.4) is 0 Å². The van der Waals surface area contributed by atoms with E-state index in [0.29, 0.717) is 6.04 Å². The molecule has 3 fully saturated rings. The van der Waals surface area contributed by atoms with E-state index in [2.05, 4.69) is 21.9 Å². The summed E-state index contributed by atoms with van der Waals surface area (Å²) >= 11 is 0. The Labute approximate surface area is 155 Å². The highest BCUT2D eigenvalue weighted by atomic mass is 16.5. The minimum atomic E-state index is -0.537. The Bertz CT molecular complexity index is 653. The number of hydrogen-bond acceptors (Lipinski definition) is 5. The third-order valence-corrected chi connectivity index (χ3v) is 6.15. The van der Waals surface area contributed by atoms with Gasteiger partial charge in [-0.2, -0.15) is 0 Å². The van der Waals surface area contributed by atoms with Crippen molar-refractivity contribution >= 4 is 11.6 Å². The average Bonchev–Trinajstić information content (AvgIpc) is 3.46. The number of hydrogen-bond donors (Lipinski definition) is 1. The molecule has 1 aromatic carbocycles. The Morgan fingerprint density at radius 3 is 2.58 bits per heavy atom. The monoisotopic (exact) mass is 358 g/mol. The van der Waals surface area contributed by atoms with E-state index < -0.39 is 5.54 Å². The Hall–Kier alpha value is -1.79. The lowest BCUT2D eigenvalue weighted by Gasteiger charge is -2.44. The highest BCUT2D eigenvalue weighted by Crippen LogP contribution is 2.35. The van der Waals surface area contributed by atoms with E-state index in [0.717, 1.165) is 64.3 Å². The van der Waals surface area contributed by atoms with E-state index in [1.165, 1.54) is 12.1 Å². The van der Waals surface area contributed by atoms with Gasteiger partial charge in [-0.15, -0.1) is 0 Å². The van der Waals surface area contributed by atoms with Crippen LogP contribution in [0.4, 0.5) is 5.69 Å².